The highest BCUT2D eigenvalue weighted by Crippen LogP contribution is 2.34. The van der Waals surface area contributed by atoms with E-state index in [9.17, 15) is 14.4 Å². The number of urea groups is 1. The number of thiophene rings is 1. The van der Waals surface area contributed by atoms with Crippen LogP contribution >= 0.6 is 23.1 Å². The minimum Gasteiger partial charge on any atom is -0.338 e. The zero-order valence-corrected chi connectivity index (χ0v) is 21.7. The Morgan fingerprint density at radius 3 is 2.73 bits per heavy atom. The van der Waals surface area contributed by atoms with Gasteiger partial charge in [0.05, 0.1) is 11.1 Å². The van der Waals surface area contributed by atoms with Gasteiger partial charge in [0.15, 0.2) is 5.16 Å². The standard InChI is InChI=1S/C23H35N5O3S2/c1-15(2)10-11-24-22(31)25-18(29)14-32-23-26-20-19(16-8-5-6-9-17(16)33-20)21(30)28(23)13-7-12-27(3)4/h15H,5-14H2,1-4H3,(H2,24,25,29,31). The highest BCUT2D eigenvalue weighted by atomic mass is 32.2. The molecule has 2 N–H and O–H groups in total. The van der Waals surface area contributed by atoms with Crippen LogP contribution in [0.15, 0.2) is 9.95 Å². The fraction of sp³-hybridized carbons (Fsp3) is 0.652. The Morgan fingerprint density at radius 1 is 1.24 bits per heavy atom. The SMILES string of the molecule is CC(C)CCNC(=O)NC(=O)CSc1nc2sc3c(c2c(=O)n1CCCN(C)C)CCCC3. The zero-order chi connectivity index (χ0) is 24.0. The van der Waals surface area contributed by atoms with Gasteiger partial charge in [0, 0.05) is 18.0 Å². The molecule has 1 aliphatic rings. The van der Waals surface area contributed by atoms with Crippen molar-refractivity contribution in [3.8, 4) is 0 Å². The number of aromatic nitrogens is 2. The van der Waals surface area contributed by atoms with E-state index in [0.717, 1.165) is 55.3 Å². The van der Waals surface area contributed by atoms with E-state index < -0.39 is 11.9 Å². The molecule has 2 aromatic rings. The van der Waals surface area contributed by atoms with Crippen molar-refractivity contribution < 1.29 is 9.59 Å². The van der Waals surface area contributed by atoms with Crippen LogP contribution in [0.4, 0.5) is 4.79 Å². The first-order valence-electron chi connectivity index (χ1n) is 11.7. The molecule has 0 saturated carbocycles. The van der Waals surface area contributed by atoms with Crippen LogP contribution in [0.1, 0.15) is 50.0 Å². The third-order valence-corrected chi connectivity index (χ3v) is 7.78. The number of hydrogen-bond acceptors (Lipinski definition) is 7. The molecule has 182 valence electrons. The number of carbonyl (C=O) groups is 2. The number of hydrogen-bond donors (Lipinski definition) is 2. The highest BCUT2D eigenvalue weighted by molar-refractivity contribution is 7.99. The fourth-order valence-electron chi connectivity index (χ4n) is 3.88. The van der Waals surface area contributed by atoms with E-state index in [0.29, 0.717) is 24.2 Å². The van der Waals surface area contributed by atoms with Gasteiger partial charge in [0.1, 0.15) is 4.83 Å². The first kappa shape index (κ1) is 25.7. The molecule has 33 heavy (non-hydrogen) atoms. The van der Waals surface area contributed by atoms with E-state index in [4.69, 9.17) is 4.98 Å². The minimum absolute atomic E-state index is 0.00695. The largest absolute Gasteiger partial charge is 0.338 e. The Morgan fingerprint density at radius 2 is 2.00 bits per heavy atom. The second-order valence-electron chi connectivity index (χ2n) is 9.17. The van der Waals surface area contributed by atoms with Crippen molar-refractivity contribution in [3.63, 3.8) is 0 Å². The van der Waals surface area contributed by atoms with Crippen molar-refractivity contribution >= 4 is 45.3 Å². The normalized spacial score (nSPS) is 13.5. The summed E-state index contributed by atoms with van der Waals surface area (Å²) in [4.78, 5) is 46.7. The molecule has 1 aliphatic carbocycles. The average Bonchev–Trinajstić information content (AvgIpc) is 3.12. The maximum Gasteiger partial charge on any atom is 0.321 e. The van der Waals surface area contributed by atoms with Gasteiger partial charge in [-0.3, -0.25) is 19.5 Å². The molecular formula is C23H35N5O3S2. The molecule has 2 aromatic heterocycles. The lowest BCUT2D eigenvalue weighted by Crippen LogP contribution is -2.41. The molecule has 10 heteroatoms. The molecule has 8 nitrogen and oxygen atoms in total. The Bertz CT molecular complexity index is 1040. The van der Waals surface area contributed by atoms with Crippen molar-refractivity contribution in [1.29, 1.82) is 0 Å². The summed E-state index contributed by atoms with van der Waals surface area (Å²) in [7, 11) is 4.01. The van der Waals surface area contributed by atoms with Crippen LogP contribution in [-0.4, -0.2) is 59.3 Å². The second-order valence-corrected chi connectivity index (χ2v) is 11.2. The molecule has 3 amide bonds. The summed E-state index contributed by atoms with van der Waals surface area (Å²) in [6.07, 6.45) is 5.86. The fourth-order valence-corrected chi connectivity index (χ4v) is 6.01. The van der Waals surface area contributed by atoms with Crippen LogP contribution in [0, 0.1) is 5.92 Å². The van der Waals surface area contributed by atoms with Crippen molar-refractivity contribution in [2.45, 2.75) is 64.1 Å². The molecule has 0 radical (unpaired) electrons. The van der Waals surface area contributed by atoms with Crippen LogP contribution in [0.2, 0.25) is 0 Å². The van der Waals surface area contributed by atoms with Crippen LogP contribution in [0.5, 0.6) is 0 Å². The predicted molar refractivity (Wildman–Crippen MR) is 135 cm³/mol. The molecule has 0 bridgehead atoms. The molecule has 0 aromatic carbocycles. The summed E-state index contributed by atoms with van der Waals surface area (Å²) < 4.78 is 1.72. The maximum absolute atomic E-state index is 13.5. The summed E-state index contributed by atoms with van der Waals surface area (Å²) in [6, 6.07) is -0.487. The molecule has 0 spiro atoms. The third-order valence-electron chi connectivity index (χ3n) is 5.62. The number of thioether (sulfide) groups is 1. The van der Waals surface area contributed by atoms with E-state index in [1.165, 1.54) is 22.2 Å². The van der Waals surface area contributed by atoms with Crippen LogP contribution < -0.4 is 16.2 Å². The van der Waals surface area contributed by atoms with Gasteiger partial charge in [-0.2, -0.15) is 0 Å². The number of amides is 3. The Labute approximate surface area is 203 Å². The first-order chi connectivity index (χ1) is 15.8. The van der Waals surface area contributed by atoms with Gasteiger partial charge >= 0.3 is 6.03 Å². The van der Waals surface area contributed by atoms with Gasteiger partial charge < -0.3 is 10.2 Å². The maximum atomic E-state index is 13.5. The summed E-state index contributed by atoms with van der Waals surface area (Å²) in [5, 5.41) is 6.37. The van der Waals surface area contributed by atoms with Crippen LogP contribution in [0.25, 0.3) is 10.2 Å². The van der Waals surface area contributed by atoms with Crippen molar-refractivity contribution in [2.24, 2.45) is 5.92 Å². The molecule has 2 heterocycles. The molecule has 0 unspecified atom stereocenters. The number of nitrogens with zero attached hydrogens (tertiary/aromatic N) is 3. The topological polar surface area (TPSA) is 96.3 Å². The Kier molecular flexibility index (Phi) is 9.34. The summed E-state index contributed by atoms with van der Waals surface area (Å²) in [5.74, 6) is 0.0975. The molecule has 0 aliphatic heterocycles. The van der Waals surface area contributed by atoms with Crippen LogP contribution in [0.3, 0.4) is 0 Å². The van der Waals surface area contributed by atoms with E-state index >= 15 is 0 Å². The minimum atomic E-state index is -0.487. The lowest BCUT2D eigenvalue weighted by atomic mass is 9.97. The Hall–Kier alpha value is -1.91. The van der Waals surface area contributed by atoms with Gasteiger partial charge in [-0.15, -0.1) is 11.3 Å². The number of rotatable bonds is 10. The van der Waals surface area contributed by atoms with Gasteiger partial charge in [-0.05, 0) is 70.6 Å². The average molecular weight is 494 g/mol. The lowest BCUT2D eigenvalue weighted by Gasteiger charge is -2.15. The van der Waals surface area contributed by atoms with Gasteiger partial charge in [0.2, 0.25) is 5.91 Å². The predicted octanol–water partition coefficient (Wildman–Crippen LogP) is 3.25. The van der Waals surface area contributed by atoms with E-state index in [2.05, 4.69) is 29.4 Å². The zero-order valence-electron chi connectivity index (χ0n) is 20.0. The summed E-state index contributed by atoms with van der Waals surface area (Å²) in [6.45, 7) is 6.08. The number of imide groups is 1. The third kappa shape index (κ3) is 7.04. The van der Waals surface area contributed by atoms with Crippen LogP contribution in [-0.2, 0) is 24.2 Å². The van der Waals surface area contributed by atoms with E-state index in [1.807, 2.05) is 14.1 Å². The van der Waals surface area contributed by atoms with Crippen molar-refractivity contribution in [2.75, 3.05) is 32.9 Å². The number of carbonyl (C=O) groups excluding carboxylic acids is 2. The number of nitrogens with one attached hydrogen (secondary N) is 2. The molecule has 3 rings (SSSR count). The molecular weight excluding hydrogens is 458 g/mol. The van der Waals surface area contributed by atoms with Gasteiger partial charge in [-0.1, -0.05) is 25.6 Å². The van der Waals surface area contributed by atoms with Crippen molar-refractivity contribution in [1.82, 2.24) is 25.1 Å². The van der Waals surface area contributed by atoms with Gasteiger partial charge in [-0.25, -0.2) is 9.78 Å². The Balaban J connectivity index is 1.75. The molecule has 0 atom stereocenters. The van der Waals surface area contributed by atoms with E-state index in [1.54, 1.807) is 15.9 Å². The first-order valence-corrected chi connectivity index (χ1v) is 13.5. The van der Waals surface area contributed by atoms with E-state index in [-0.39, 0.29) is 11.3 Å². The smallest absolute Gasteiger partial charge is 0.321 e. The van der Waals surface area contributed by atoms with Crippen molar-refractivity contribution in [3.05, 3.63) is 20.8 Å². The van der Waals surface area contributed by atoms with Gasteiger partial charge in [0.25, 0.3) is 5.56 Å². The summed E-state index contributed by atoms with van der Waals surface area (Å²) >= 11 is 2.82. The number of fused-ring (bicyclic) bond motifs is 3. The number of aryl methyl sites for hydroxylation is 2. The lowest BCUT2D eigenvalue weighted by molar-refractivity contribution is -0.117. The monoisotopic (exact) mass is 493 g/mol. The molecule has 0 fully saturated rings. The highest BCUT2D eigenvalue weighted by Gasteiger charge is 2.22. The second kappa shape index (κ2) is 12.0. The quantitative estimate of drug-likeness (QED) is 0.390. The molecule has 0 saturated heterocycles. The summed E-state index contributed by atoms with van der Waals surface area (Å²) in [5.41, 5.74) is 1.17.